The minimum absolute atomic E-state index is 0.0436. The molecule has 4 heteroatoms. The Labute approximate surface area is 168 Å². The molecule has 0 saturated heterocycles. The molecular weight excluding hydrogens is 355 g/mol. The number of halogens is 1. The van der Waals surface area contributed by atoms with Crippen LogP contribution in [0.15, 0.2) is 11.1 Å². The monoisotopic (exact) mass is 390 g/mol. The van der Waals surface area contributed by atoms with E-state index in [1.54, 1.807) is 6.92 Å². The maximum atomic E-state index is 13.8. The summed E-state index contributed by atoms with van der Waals surface area (Å²) in [6.45, 7) is 7.78. The van der Waals surface area contributed by atoms with Crippen LogP contribution in [0.4, 0.5) is 4.39 Å². The summed E-state index contributed by atoms with van der Waals surface area (Å²) >= 11 is 0. The van der Waals surface area contributed by atoms with Crippen molar-refractivity contribution in [1.82, 2.24) is 0 Å². The van der Waals surface area contributed by atoms with Crippen LogP contribution in [-0.2, 0) is 14.3 Å². The van der Waals surface area contributed by atoms with Crippen molar-refractivity contribution < 1.29 is 18.7 Å². The summed E-state index contributed by atoms with van der Waals surface area (Å²) in [7, 11) is 0. The van der Waals surface area contributed by atoms with Gasteiger partial charge < -0.3 is 4.74 Å². The predicted molar refractivity (Wildman–Crippen MR) is 106 cm³/mol. The standard InChI is InChI=1S/C24H35FO3/c1-14(25)13-17-19-6-5-16-18-7-8-22(28-15(2)26)24(18,4)11-9-20(16)23(19,3)12-10-21(17)27/h14,16,18,20,22H,5-13H2,1-4H3/t14?,16-,18-,20-,22-,23-,24-/m0/s1. The van der Waals surface area contributed by atoms with Gasteiger partial charge >= 0.3 is 5.97 Å². The van der Waals surface area contributed by atoms with Gasteiger partial charge in [0.2, 0.25) is 0 Å². The molecule has 0 aromatic heterocycles. The largest absolute Gasteiger partial charge is 0.462 e. The van der Waals surface area contributed by atoms with Gasteiger partial charge in [0.25, 0.3) is 0 Å². The van der Waals surface area contributed by atoms with Crippen molar-refractivity contribution in [2.24, 2.45) is 28.6 Å². The number of Topliss-reactive ketones (excluding diaryl/α,β-unsaturated/α-hetero) is 1. The van der Waals surface area contributed by atoms with Crippen molar-refractivity contribution in [3.05, 3.63) is 11.1 Å². The van der Waals surface area contributed by atoms with Crippen LogP contribution in [0.5, 0.6) is 0 Å². The second kappa shape index (κ2) is 6.95. The minimum Gasteiger partial charge on any atom is -0.462 e. The Morgan fingerprint density at radius 2 is 1.89 bits per heavy atom. The lowest BCUT2D eigenvalue weighted by Crippen LogP contribution is -2.52. The first-order valence-corrected chi connectivity index (χ1v) is 11.2. The quantitative estimate of drug-likeness (QED) is 0.592. The van der Waals surface area contributed by atoms with E-state index in [0.29, 0.717) is 24.2 Å². The molecule has 0 aromatic rings. The van der Waals surface area contributed by atoms with Crippen LogP contribution in [0.2, 0.25) is 0 Å². The summed E-state index contributed by atoms with van der Waals surface area (Å²) in [5.41, 5.74) is 2.24. The van der Waals surface area contributed by atoms with Crippen molar-refractivity contribution in [3.8, 4) is 0 Å². The topological polar surface area (TPSA) is 43.4 Å². The van der Waals surface area contributed by atoms with Crippen LogP contribution in [0.3, 0.4) is 0 Å². The zero-order valence-corrected chi connectivity index (χ0v) is 17.9. The summed E-state index contributed by atoms with van der Waals surface area (Å²) in [5.74, 6) is 1.82. The average molecular weight is 391 g/mol. The summed E-state index contributed by atoms with van der Waals surface area (Å²) in [6, 6.07) is 0. The lowest BCUT2D eigenvalue weighted by molar-refractivity contribution is -0.157. The fourth-order valence-electron chi connectivity index (χ4n) is 7.69. The molecule has 7 atom stereocenters. The van der Waals surface area contributed by atoms with E-state index in [2.05, 4.69) is 13.8 Å². The molecule has 3 nitrogen and oxygen atoms in total. The van der Waals surface area contributed by atoms with E-state index in [1.807, 2.05) is 0 Å². The number of alkyl halides is 1. The Kier molecular flexibility index (Phi) is 4.99. The molecule has 0 N–H and O–H groups in total. The number of ether oxygens (including phenoxy) is 1. The van der Waals surface area contributed by atoms with E-state index in [0.717, 1.165) is 50.5 Å². The van der Waals surface area contributed by atoms with Crippen LogP contribution in [0, 0.1) is 28.6 Å². The molecule has 3 fully saturated rings. The predicted octanol–water partition coefficient (Wildman–Crippen LogP) is 5.57. The maximum Gasteiger partial charge on any atom is 0.302 e. The summed E-state index contributed by atoms with van der Waals surface area (Å²) in [4.78, 5) is 24.2. The number of rotatable bonds is 3. The van der Waals surface area contributed by atoms with Crippen molar-refractivity contribution >= 4 is 11.8 Å². The molecule has 0 radical (unpaired) electrons. The Hall–Kier alpha value is -1.19. The second-order valence-corrected chi connectivity index (χ2v) is 10.4. The van der Waals surface area contributed by atoms with Crippen LogP contribution in [-0.4, -0.2) is 24.0 Å². The van der Waals surface area contributed by atoms with Crippen molar-refractivity contribution in [3.63, 3.8) is 0 Å². The summed E-state index contributed by atoms with van der Waals surface area (Å²) in [6.07, 6.45) is 7.24. The molecule has 3 saturated carbocycles. The SMILES string of the molecule is CC(=O)O[C@H]1CC[C@H]2[C@@H]3CCC4=C(CC(C)F)C(=O)CC[C@]4(C)[C@H]3CC[C@]12C. The molecule has 0 heterocycles. The lowest BCUT2D eigenvalue weighted by atomic mass is 9.46. The molecule has 0 bridgehead atoms. The van der Waals surface area contributed by atoms with Gasteiger partial charge in [0.15, 0.2) is 5.78 Å². The minimum atomic E-state index is -0.958. The van der Waals surface area contributed by atoms with Crippen LogP contribution in [0.25, 0.3) is 0 Å². The molecule has 0 amide bonds. The van der Waals surface area contributed by atoms with E-state index < -0.39 is 6.17 Å². The first-order valence-electron chi connectivity index (χ1n) is 11.2. The van der Waals surface area contributed by atoms with E-state index in [9.17, 15) is 14.0 Å². The lowest BCUT2D eigenvalue weighted by Gasteiger charge is -2.58. The zero-order chi connectivity index (χ0) is 20.3. The number of carbonyl (C=O) groups is 2. The molecule has 0 aromatic carbocycles. The third kappa shape index (κ3) is 2.97. The summed E-state index contributed by atoms with van der Waals surface area (Å²) < 4.78 is 19.6. The number of ketones is 1. The van der Waals surface area contributed by atoms with E-state index in [1.165, 1.54) is 12.5 Å². The summed E-state index contributed by atoms with van der Waals surface area (Å²) in [5, 5.41) is 0. The molecule has 4 aliphatic carbocycles. The molecule has 4 rings (SSSR count). The molecule has 4 aliphatic rings. The van der Waals surface area contributed by atoms with Crippen LogP contribution >= 0.6 is 0 Å². The van der Waals surface area contributed by atoms with Gasteiger partial charge in [-0.2, -0.15) is 0 Å². The van der Waals surface area contributed by atoms with Gasteiger partial charge in [0.05, 0.1) is 0 Å². The Morgan fingerprint density at radius 3 is 2.57 bits per heavy atom. The molecule has 156 valence electrons. The molecular formula is C24H35FO3. The first-order chi connectivity index (χ1) is 13.2. The van der Waals surface area contributed by atoms with Crippen LogP contribution < -0.4 is 0 Å². The van der Waals surface area contributed by atoms with Gasteiger partial charge in [0, 0.05) is 25.2 Å². The smallest absolute Gasteiger partial charge is 0.302 e. The molecule has 0 spiro atoms. The third-order valence-corrected chi connectivity index (χ3v) is 8.95. The van der Waals surface area contributed by atoms with Gasteiger partial charge in [-0.3, -0.25) is 9.59 Å². The maximum absolute atomic E-state index is 13.8. The van der Waals surface area contributed by atoms with Gasteiger partial charge in [-0.15, -0.1) is 0 Å². The molecule has 0 aliphatic heterocycles. The first kappa shape index (κ1) is 20.1. The fourth-order valence-corrected chi connectivity index (χ4v) is 7.69. The number of carbonyl (C=O) groups excluding carboxylic acids is 2. The second-order valence-electron chi connectivity index (χ2n) is 10.4. The van der Waals surface area contributed by atoms with E-state index in [4.69, 9.17) is 4.74 Å². The van der Waals surface area contributed by atoms with Crippen molar-refractivity contribution in [1.29, 1.82) is 0 Å². The van der Waals surface area contributed by atoms with Crippen molar-refractivity contribution in [2.75, 3.05) is 0 Å². The number of hydrogen-bond acceptors (Lipinski definition) is 3. The highest BCUT2D eigenvalue weighted by molar-refractivity contribution is 5.97. The van der Waals surface area contributed by atoms with E-state index in [-0.39, 0.29) is 35.1 Å². The Bertz CT molecular complexity index is 711. The van der Waals surface area contributed by atoms with Gasteiger partial charge in [-0.25, -0.2) is 4.39 Å². The Morgan fingerprint density at radius 1 is 1.14 bits per heavy atom. The van der Waals surface area contributed by atoms with Gasteiger partial charge in [0.1, 0.15) is 12.3 Å². The normalized spacial score (nSPS) is 43.8. The Balaban J connectivity index is 1.65. The molecule has 1 unspecified atom stereocenters. The van der Waals surface area contributed by atoms with Gasteiger partial charge in [-0.1, -0.05) is 19.4 Å². The zero-order valence-electron chi connectivity index (χ0n) is 17.9. The fraction of sp³-hybridized carbons (Fsp3) is 0.833. The molecule has 28 heavy (non-hydrogen) atoms. The highest BCUT2D eigenvalue weighted by atomic mass is 19.1. The van der Waals surface area contributed by atoms with Gasteiger partial charge in [-0.05, 0) is 80.6 Å². The van der Waals surface area contributed by atoms with Crippen LogP contribution in [0.1, 0.15) is 85.5 Å². The highest BCUT2D eigenvalue weighted by Crippen LogP contribution is 2.66. The number of allylic oxidation sites excluding steroid dienone is 1. The number of hydrogen-bond donors (Lipinski definition) is 0. The third-order valence-electron chi connectivity index (χ3n) is 8.95. The average Bonchev–Trinajstić information content (AvgIpc) is 2.93. The van der Waals surface area contributed by atoms with E-state index >= 15 is 0 Å². The number of esters is 1. The van der Waals surface area contributed by atoms with Crippen molar-refractivity contribution in [2.45, 2.75) is 97.8 Å². The number of fused-ring (bicyclic) bond motifs is 5. The highest BCUT2D eigenvalue weighted by Gasteiger charge is 2.60.